The number of hydrogen-bond donors (Lipinski definition) is 3. The Morgan fingerprint density at radius 3 is 1.40 bits per heavy atom. The van der Waals surface area contributed by atoms with Crippen molar-refractivity contribution in [2.45, 2.75) is 44.1 Å². The molecule has 4 aromatic rings. The van der Waals surface area contributed by atoms with Gasteiger partial charge in [0.1, 0.15) is 22.1 Å². The van der Waals surface area contributed by atoms with Crippen molar-refractivity contribution in [2.24, 2.45) is 0 Å². The van der Waals surface area contributed by atoms with Crippen LogP contribution in [0.4, 0.5) is 0 Å². The normalized spacial score (nSPS) is 10.5. The van der Waals surface area contributed by atoms with Crippen molar-refractivity contribution >= 4 is 169 Å². The molecule has 1 atom stereocenters. The predicted molar refractivity (Wildman–Crippen MR) is 268 cm³/mol. The standard InChI is InChI=1S/C12H14Cl2O3.C11H11Cl3O3.C8H5Cl3O3.C8H6Cl2O3.C3H4Cl2O2/c1-2-3-6-16-12(15)8-17-11-5-4-9(13)7-10(11)14;1-3-17-10(11(15)16-2)6-4-8(13)9(14)5-7(6)12;9-4-1-6(11)7(2-5(4)10)14-3-8(12)13;9-5-1-2-7(6(10)3-5)13-4-8(11)12;4-2(5)1-3(6)7/h4-5,7H,2-3,6,8H2,1H3;4-5,10H,3H2,1-2H3;1-2H,3H2,(H,12,13);1-3H,4H2,(H,11,12);2H,1H2,(H,6,7). The van der Waals surface area contributed by atoms with Crippen LogP contribution in [0.3, 0.4) is 0 Å². The molecule has 0 bridgehead atoms. The first kappa shape index (κ1) is 65.1. The summed E-state index contributed by atoms with van der Waals surface area (Å²) in [5.74, 6) is -3.12. The minimum absolute atomic E-state index is 0.148. The van der Waals surface area contributed by atoms with Crippen molar-refractivity contribution in [3.63, 3.8) is 0 Å². The molecular weight excluding hydrogens is 1150 g/mol. The second-order valence-electron chi connectivity index (χ2n) is 12.2. The second-order valence-corrected chi connectivity index (χ2v) is 17.6. The first-order chi connectivity index (χ1) is 31.9. The lowest BCUT2D eigenvalue weighted by Gasteiger charge is -2.16. The molecule has 0 radical (unpaired) electrons. The number of rotatable bonds is 18. The van der Waals surface area contributed by atoms with Crippen molar-refractivity contribution < 1.29 is 67.7 Å². The zero-order valence-electron chi connectivity index (χ0n) is 35.5. The Bertz CT molecular complexity index is 2250. The Kier molecular flexibility index (Phi) is 34.5. The number of ether oxygens (including phenoxy) is 6. The predicted octanol–water partition coefficient (Wildman–Crippen LogP) is 14.4. The monoisotopic (exact) mass is 1190 g/mol. The number of carbonyl (C=O) groups is 5. The van der Waals surface area contributed by atoms with Gasteiger partial charge in [0.05, 0.1) is 55.3 Å². The highest BCUT2D eigenvalue weighted by Gasteiger charge is 2.25. The summed E-state index contributed by atoms with van der Waals surface area (Å²) in [5.41, 5.74) is 0.440. The van der Waals surface area contributed by atoms with Gasteiger partial charge in [0, 0.05) is 33.3 Å². The van der Waals surface area contributed by atoms with Gasteiger partial charge in [-0.1, -0.05) is 129 Å². The fourth-order valence-corrected chi connectivity index (χ4v) is 6.45. The van der Waals surface area contributed by atoms with Gasteiger partial charge in [0.2, 0.25) is 0 Å². The SMILES string of the molecule is CCCCOC(=O)COc1ccc(Cl)cc1Cl.CCOC(C(=O)OC)c1cc(Cl)c(Cl)cc1Cl.O=C(O)CC(Cl)Cl.O=C(O)COc1cc(Cl)c(Cl)cc1Cl.O=C(O)COc1ccc(Cl)cc1Cl. The molecule has 3 N–H and O–H groups in total. The van der Waals surface area contributed by atoms with E-state index in [-0.39, 0.29) is 28.8 Å². The van der Waals surface area contributed by atoms with Crippen LogP contribution in [0, 0.1) is 0 Å². The summed E-state index contributed by atoms with van der Waals surface area (Å²) in [6.07, 6.45) is 0.750. The fraction of sp³-hybridized carbons (Fsp3) is 0.310. The number of aliphatic carboxylic acids is 3. The number of unbranched alkanes of at least 4 members (excludes halogenated alkanes) is 1. The molecule has 0 spiro atoms. The largest absolute Gasteiger partial charge is 0.481 e. The molecule has 0 aliphatic carbocycles. The molecule has 26 heteroatoms. The molecule has 4 rings (SSSR count). The van der Waals surface area contributed by atoms with Crippen LogP contribution in [0.5, 0.6) is 17.2 Å². The molecule has 0 saturated carbocycles. The molecule has 0 amide bonds. The van der Waals surface area contributed by atoms with Gasteiger partial charge in [-0.3, -0.25) is 4.79 Å². The molecule has 376 valence electrons. The van der Waals surface area contributed by atoms with Gasteiger partial charge < -0.3 is 43.7 Å². The summed E-state index contributed by atoms with van der Waals surface area (Å²) in [5, 5.41) is 28.0. The Morgan fingerprint density at radius 1 is 0.544 bits per heavy atom. The molecule has 0 aliphatic heterocycles. The molecule has 0 aliphatic rings. The minimum Gasteiger partial charge on any atom is -0.481 e. The van der Waals surface area contributed by atoms with Gasteiger partial charge in [-0.2, -0.15) is 0 Å². The van der Waals surface area contributed by atoms with Gasteiger partial charge in [0.25, 0.3) is 0 Å². The van der Waals surface area contributed by atoms with Crippen LogP contribution >= 0.6 is 139 Å². The Hall–Kier alpha value is -2.93. The number of esters is 2. The van der Waals surface area contributed by atoms with Crippen molar-refractivity contribution in [3.8, 4) is 17.2 Å². The van der Waals surface area contributed by atoms with E-state index >= 15 is 0 Å². The first-order valence-electron chi connectivity index (χ1n) is 18.7. The zero-order valence-corrected chi connectivity index (χ0v) is 44.5. The highest BCUT2D eigenvalue weighted by Crippen LogP contribution is 2.35. The number of carboxylic acids is 3. The van der Waals surface area contributed by atoms with Crippen molar-refractivity contribution in [1.82, 2.24) is 0 Å². The van der Waals surface area contributed by atoms with Gasteiger partial charge in [-0.05, 0) is 67.9 Å². The average Bonchev–Trinajstić information content (AvgIpc) is 3.24. The molecular formula is C42H40Cl12O14. The van der Waals surface area contributed by atoms with Crippen molar-refractivity contribution in [3.05, 3.63) is 116 Å². The Balaban J connectivity index is 0.000000845. The highest BCUT2D eigenvalue weighted by atomic mass is 35.5. The molecule has 4 aromatic carbocycles. The summed E-state index contributed by atoms with van der Waals surface area (Å²) in [6.45, 7) is 3.52. The quantitative estimate of drug-likeness (QED) is 0.0367. The molecule has 0 aromatic heterocycles. The molecule has 0 fully saturated rings. The van der Waals surface area contributed by atoms with Crippen LogP contribution in [-0.4, -0.2) is 90.1 Å². The van der Waals surface area contributed by atoms with E-state index in [1.165, 1.54) is 43.5 Å². The maximum Gasteiger partial charge on any atom is 0.344 e. The number of carbonyl (C=O) groups excluding carboxylic acids is 2. The van der Waals surface area contributed by atoms with Crippen LogP contribution < -0.4 is 14.2 Å². The smallest absolute Gasteiger partial charge is 0.344 e. The summed E-state index contributed by atoms with van der Waals surface area (Å²) in [6, 6.07) is 15.1. The summed E-state index contributed by atoms with van der Waals surface area (Å²) in [4.78, 5) is 52.0. The van der Waals surface area contributed by atoms with Crippen LogP contribution in [-0.2, 0) is 38.2 Å². The lowest BCUT2D eigenvalue weighted by molar-refractivity contribution is -0.154. The van der Waals surface area contributed by atoms with Crippen LogP contribution in [0.15, 0.2) is 60.7 Å². The van der Waals surface area contributed by atoms with Gasteiger partial charge in [0.15, 0.2) is 25.9 Å². The topological polar surface area (TPSA) is 201 Å². The molecule has 68 heavy (non-hydrogen) atoms. The molecule has 1 unspecified atom stereocenters. The van der Waals surface area contributed by atoms with E-state index in [0.717, 1.165) is 12.8 Å². The maximum absolute atomic E-state index is 11.6. The van der Waals surface area contributed by atoms with Gasteiger partial charge >= 0.3 is 29.8 Å². The second kappa shape index (κ2) is 36.1. The van der Waals surface area contributed by atoms with E-state index in [4.69, 9.17) is 178 Å². The number of alkyl halides is 2. The number of halogens is 12. The fourth-order valence-electron chi connectivity index (χ4n) is 4.02. The summed E-state index contributed by atoms with van der Waals surface area (Å²) >= 11 is 67.8. The van der Waals surface area contributed by atoms with E-state index in [1.807, 2.05) is 6.92 Å². The van der Waals surface area contributed by atoms with Crippen molar-refractivity contribution in [2.75, 3.05) is 40.1 Å². The Labute approximate surface area is 451 Å². The third-order valence-electron chi connectivity index (χ3n) is 6.97. The molecule has 0 heterocycles. The van der Waals surface area contributed by atoms with E-state index in [1.54, 1.807) is 31.2 Å². The van der Waals surface area contributed by atoms with Crippen LogP contribution in [0.25, 0.3) is 0 Å². The van der Waals surface area contributed by atoms with Crippen molar-refractivity contribution in [1.29, 1.82) is 0 Å². The summed E-state index contributed by atoms with van der Waals surface area (Å²) < 4.78 is 29.8. The maximum atomic E-state index is 11.6. The third-order valence-corrected chi connectivity index (χ3v) is 10.4. The van der Waals surface area contributed by atoms with Gasteiger partial charge in [-0.15, -0.1) is 23.2 Å². The Morgan fingerprint density at radius 2 is 0.985 bits per heavy atom. The van der Waals surface area contributed by atoms with Gasteiger partial charge in [-0.25, -0.2) is 19.2 Å². The lowest BCUT2D eigenvalue weighted by Crippen LogP contribution is -2.18. The van der Waals surface area contributed by atoms with E-state index in [2.05, 4.69) is 4.74 Å². The summed E-state index contributed by atoms with van der Waals surface area (Å²) in [7, 11) is 1.28. The number of hydrogen-bond acceptors (Lipinski definition) is 11. The van der Waals surface area contributed by atoms with E-state index in [9.17, 15) is 24.0 Å². The number of benzene rings is 4. The highest BCUT2D eigenvalue weighted by molar-refractivity contribution is 6.45. The van der Waals surface area contributed by atoms with Crippen LogP contribution in [0.1, 0.15) is 44.8 Å². The zero-order chi connectivity index (χ0) is 52.1. The minimum atomic E-state index is -1.09. The number of carboxylic acid groups (broad SMARTS) is 3. The number of methoxy groups -OCH3 is 1. The molecule has 0 saturated heterocycles. The first-order valence-corrected chi connectivity index (χ1v) is 23.4. The lowest BCUT2D eigenvalue weighted by atomic mass is 10.1. The van der Waals surface area contributed by atoms with E-state index < -0.39 is 54.0 Å². The van der Waals surface area contributed by atoms with Crippen LogP contribution in [0.2, 0.25) is 50.2 Å². The van der Waals surface area contributed by atoms with E-state index in [0.29, 0.717) is 70.5 Å². The average molecular weight is 1190 g/mol. The third kappa shape index (κ3) is 28.7. The molecule has 14 nitrogen and oxygen atoms in total.